The molecule has 116 valence electrons. The minimum absolute atomic E-state index is 0.251. The van der Waals surface area contributed by atoms with Crippen molar-refractivity contribution in [3.63, 3.8) is 0 Å². The van der Waals surface area contributed by atoms with Gasteiger partial charge in [-0.2, -0.15) is 0 Å². The molecule has 5 heteroatoms. The standard InChI is InChI=1S/C18H14BrFN2S/c1-2-11-23-18-21-12-17(13-3-5-14(19)6-4-13)22(18)16-9-7-15(20)8-10-16/h2-10,12H,1,11H2. The third-order valence-electron chi connectivity index (χ3n) is 3.28. The highest BCUT2D eigenvalue weighted by Crippen LogP contribution is 2.30. The Labute approximate surface area is 147 Å². The van der Waals surface area contributed by atoms with E-state index in [9.17, 15) is 4.39 Å². The second-order valence-corrected chi connectivity index (χ2v) is 6.75. The van der Waals surface area contributed by atoms with Crippen LogP contribution in [0, 0.1) is 5.82 Å². The summed E-state index contributed by atoms with van der Waals surface area (Å²) in [5.74, 6) is 0.511. The molecule has 0 radical (unpaired) electrons. The van der Waals surface area contributed by atoms with Crippen molar-refractivity contribution in [1.82, 2.24) is 9.55 Å². The van der Waals surface area contributed by atoms with Crippen molar-refractivity contribution in [2.75, 3.05) is 5.75 Å². The average molecular weight is 389 g/mol. The van der Waals surface area contributed by atoms with E-state index in [1.165, 1.54) is 12.1 Å². The number of hydrogen-bond donors (Lipinski definition) is 0. The van der Waals surface area contributed by atoms with E-state index in [0.717, 1.165) is 32.3 Å². The van der Waals surface area contributed by atoms with Crippen LogP contribution < -0.4 is 0 Å². The summed E-state index contributed by atoms with van der Waals surface area (Å²) in [7, 11) is 0. The number of imidazole rings is 1. The first-order valence-corrected chi connectivity index (χ1v) is 8.80. The second kappa shape index (κ2) is 7.15. The first kappa shape index (κ1) is 16.0. The summed E-state index contributed by atoms with van der Waals surface area (Å²) in [5, 5.41) is 0.856. The number of hydrogen-bond acceptors (Lipinski definition) is 2. The Kier molecular flexibility index (Phi) is 4.98. The van der Waals surface area contributed by atoms with E-state index in [4.69, 9.17) is 0 Å². The molecule has 3 rings (SSSR count). The Hall–Kier alpha value is -1.85. The van der Waals surface area contributed by atoms with Crippen molar-refractivity contribution < 1.29 is 4.39 Å². The van der Waals surface area contributed by atoms with Crippen LogP contribution >= 0.6 is 27.7 Å². The van der Waals surface area contributed by atoms with Crippen molar-refractivity contribution >= 4 is 27.7 Å². The molecule has 0 saturated carbocycles. The third-order valence-corrected chi connectivity index (χ3v) is 4.76. The number of halogens is 2. The molecule has 3 aromatic rings. The van der Waals surface area contributed by atoms with Crippen molar-refractivity contribution in [3.05, 3.63) is 77.7 Å². The molecule has 0 amide bonds. The summed E-state index contributed by atoms with van der Waals surface area (Å²) in [4.78, 5) is 4.52. The van der Waals surface area contributed by atoms with Crippen LogP contribution in [-0.4, -0.2) is 15.3 Å². The molecule has 0 aliphatic heterocycles. The Bertz CT molecular complexity index is 810. The molecule has 0 fully saturated rings. The van der Waals surface area contributed by atoms with Crippen molar-refractivity contribution in [1.29, 1.82) is 0 Å². The molecule has 2 aromatic carbocycles. The maximum absolute atomic E-state index is 13.3. The van der Waals surface area contributed by atoms with Gasteiger partial charge in [0.25, 0.3) is 0 Å². The van der Waals surface area contributed by atoms with Crippen LogP contribution in [0.3, 0.4) is 0 Å². The fraction of sp³-hybridized carbons (Fsp3) is 0.0556. The number of rotatable bonds is 5. The topological polar surface area (TPSA) is 17.8 Å². The molecule has 23 heavy (non-hydrogen) atoms. The van der Waals surface area contributed by atoms with Gasteiger partial charge in [-0.1, -0.05) is 45.9 Å². The van der Waals surface area contributed by atoms with Gasteiger partial charge in [0.1, 0.15) is 5.82 Å². The van der Waals surface area contributed by atoms with Gasteiger partial charge < -0.3 is 0 Å². The van der Waals surface area contributed by atoms with Crippen LogP contribution in [0.2, 0.25) is 0 Å². The zero-order valence-corrected chi connectivity index (χ0v) is 14.6. The summed E-state index contributed by atoms with van der Waals surface area (Å²) in [6, 6.07) is 14.5. The van der Waals surface area contributed by atoms with Crippen molar-refractivity contribution in [3.8, 4) is 16.9 Å². The Morgan fingerprint density at radius 3 is 2.48 bits per heavy atom. The quantitative estimate of drug-likeness (QED) is 0.410. The summed E-state index contributed by atoms with van der Waals surface area (Å²) in [6.07, 6.45) is 3.69. The summed E-state index contributed by atoms with van der Waals surface area (Å²) in [6.45, 7) is 3.75. The van der Waals surface area contributed by atoms with Crippen LogP contribution in [0.25, 0.3) is 16.9 Å². The normalized spacial score (nSPS) is 10.7. The summed E-state index contributed by atoms with van der Waals surface area (Å²) in [5.41, 5.74) is 2.90. The van der Waals surface area contributed by atoms with Gasteiger partial charge in [-0.15, -0.1) is 6.58 Å². The Morgan fingerprint density at radius 1 is 1.13 bits per heavy atom. The van der Waals surface area contributed by atoms with Gasteiger partial charge in [-0.25, -0.2) is 9.37 Å². The minimum atomic E-state index is -0.251. The van der Waals surface area contributed by atoms with Crippen molar-refractivity contribution in [2.24, 2.45) is 0 Å². The average Bonchev–Trinajstić information content (AvgIpc) is 2.98. The van der Waals surface area contributed by atoms with E-state index in [1.54, 1.807) is 23.9 Å². The molecular formula is C18H14BrFN2S. The van der Waals surface area contributed by atoms with Gasteiger partial charge in [0.15, 0.2) is 5.16 Å². The smallest absolute Gasteiger partial charge is 0.173 e. The molecule has 0 spiro atoms. The molecule has 0 atom stereocenters. The predicted octanol–water partition coefficient (Wildman–Crippen LogP) is 5.72. The molecule has 0 aliphatic rings. The molecule has 0 aliphatic carbocycles. The first-order chi connectivity index (χ1) is 11.2. The SMILES string of the molecule is C=CCSc1ncc(-c2ccc(Br)cc2)n1-c1ccc(F)cc1. The van der Waals surface area contributed by atoms with E-state index in [1.807, 2.05) is 41.1 Å². The fourth-order valence-corrected chi connectivity index (χ4v) is 3.23. The van der Waals surface area contributed by atoms with Crippen LogP contribution in [0.1, 0.15) is 0 Å². The lowest BCUT2D eigenvalue weighted by Gasteiger charge is -2.12. The van der Waals surface area contributed by atoms with Crippen LogP contribution in [-0.2, 0) is 0 Å². The second-order valence-electron chi connectivity index (χ2n) is 4.84. The minimum Gasteiger partial charge on any atom is -0.287 e. The van der Waals surface area contributed by atoms with Gasteiger partial charge in [0, 0.05) is 21.5 Å². The van der Waals surface area contributed by atoms with Crippen LogP contribution in [0.4, 0.5) is 4.39 Å². The number of nitrogens with zero attached hydrogens (tertiary/aromatic N) is 2. The molecule has 0 bridgehead atoms. The zero-order chi connectivity index (χ0) is 16.2. The molecule has 0 unspecified atom stereocenters. The Morgan fingerprint density at radius 2 is 1.83 bits per heavy atom. The van der Waals surface area contributed by atoms with E-state index in [0.29, 0.717) is 0 Å². The molecule has 0 saturated heterocycles. The van der Waals surface area contributed by atoms with Gasteiger partial charge in [0.05, 0.1) is 11.9 Å². The lowest BCUT2D eigenvalue weighted by Crippen LogP contribution is -1.99. The maximum atomic E-state index is 13.3. The number of aromatic nitrogens is 2. The molecule has 1 heterocycles. The van der Waals surface area contributed by atoms with Crippen LogP contribution in [0.5, 0.6) is 0 Å². The van der Waals surface area contributed by atoms with Gasteiger partial charge >= 0.3 is 0 Å². The fourth-order valence-electron chi connectivity index (χ4n) is 2.23. The largest absolute Gasteiger partial charge is 0.287 e. The van der Waals surface area contributed by atoms with E-state index >= 15 is 0 Å². The molecule has 0 N–H and O–H groups in total. The molecule has 2 nitrogen and oxygen atoms in total. The van der Waals surface area contributed by atoms with Gasteiger partial charge in [0.2, 0.25) is 0 Å². The predicted molar refractivity (Wildman–Crippen MR) is 97.6 cm³/mol. The summed E-state index contributed by atoms with van der Waals surface area (Å²) < 4.78 is 16.3. The highest BCUT2D eigenvalue weighted by Gasteiger charge is 2.13. The summed E-state index contributed by atoms with van der Waals surface area (Å²) >= 11 is 5.05. The van der Waals surface area contributed by atoms with E-state index in [-0.39, 0.29) is 5.82 Å². The first-order valence-electron chi connectivity index (χ1n) is 7.02. The Balaban J connectivity index is 2.12. The highest BCUT2D eigenvalue weighted by molar-refractivity contribution is 9.10. The third kappa shape index (κ3) is 3.57. The van der Waals surface area contributed by atoms with E-state index < -0.39 is 0 Å². The maximum Gasteiger partial charge on any atom is 0.173 e. The number of thioether (sulfide) groups is 1. The molecular weight excluding hydrogens is 375 g/mol. The number of benzene rings is 2. The lowest BCUT2D eigenvalue weighted by molar-refractivity contribution is 0.627. The lowest BCUT2D eigenvalue weighted by atomic mass is 10.1. The highest BCUT2D eigenvalue weighted by atomic mass is 79.9. The van der Waals surface area contributed by atoms with Crippen LogP contribution in [0.15, 0.2) is 77.0 Å². The monoisotopic (exact) mass is 388 g/mol. The molecule has 1 aromatic heterocycles. The van der Waals surface area contributed by atoms with E-state index in [2.05, 4.69) is 27.5 Å². The van der Waals surface area contributed by atoms with Gasteiger partial charge in [-0.05, 0) is 36.4 Å². The van der Waals surface area contributed by atoms with Gasteiger partial charge in [-0.3, -0.25) is 4.57 Å². The van der Waals surface area contributed by atoms with Crippen molar-refractivity contribution in [2.45, 2.75) is 5.16 Å². The zero-order valence-electron chi connectivity index (χ0n) is 12.2.